The Hall–Kier alpha value is -2.76. The molecule has 4 N–H and O–H groups in total. The van der Waals surface area contributed by atoms with E-state index < -0.39 is 30.7 Å². The lowest BCUT2D eigenvalue weighted by molar-refractivity contribution is -0.0583. The van der Waals surface area contributed by atoms with Crippen LogP contribution in [0.25, 0.3) is 11.2 Å². The molecule has 0 spiro atoms. The van der Waals surface area contributed by atoms with Crippen LogP contribution in [-0.4, -0.2) is 60.8 Å². The Morgan fingerprint density at radius 1 is 1.42 bits per heavy atom. The zero-order chi connectivity index (χ0) is 17.3. The normalized spacial score (nSPS) is 26.4. The fraction of sp³-hybridized carbons (Fsp3) is 0.385. The lowest BCUT2D eigenvalue weighted by atomic mass is 10.1. The molecule has 0 saturated carbocycles. The van der Waals surface area contributed by atoms with Crippen molar-refractivity contribution in [2.24, 2.45) is 0 Å². The lowest BCUT2D eigenvalue weighted by Crippen LogP contribution is -2.34. The Balaban J connectivity index is 1.78. The number of nitrogen functional groups attached to an aromatic ring is 1. The van der Waals surface area contributed by atoms with E-state index in [9.17, 15) is 15.0 Å². The highest BCUT2D eigenvalue weighted by molar-refractivity contribution is 5.81. The van der Waals surface area contributed by atoms with Gasteiger partial charge in [0.25, 0.3) is 0 Å². The minimum atomic E-state index is -1.29. The fourth-order valence-electron chi connectivity index (χ4n) is 2.41. The first-order chi connectivity index (χ1) is 11.5. The number of nitrogens with zero attached hydrogens (tertiary/aromatic N) is 4. The summed E-state index contributed by atoms with van der Waals surface area (Å²) in [6, 6.07) is 0. The number of imidazole rings is 1. The van der Waals surface area contributed by atoms with E-state index in [1.54, 1.807) is 0 Å². The number of aliphatic hydroxyl groups excluding tert-OH is 2. The summed E-state index contributed by atoms with van der Waals surface area (Å²) < 4.78 is 16.1. The highest BCUT2D eigenvalue weighted by atomic mass is 16.7. The van der Waals surface area contributed by atoms with Crippen LogP contribution in [0.15, 0.2) is 25.5 Å². The number of carbonyl (C=O) groups is 1. The summed E-state index contributed by atoms with van der Waals surface area (Å²) >= 11 is 0. The Kier molecular flexibility index (Phi) is 4.29. The van der Waals surface area contributed by atoms with Crippen molar-refractivity contribution in [3.05, 3.63) is 25.5 Å². The van der Waals surface area contributed by atoms with Gasteiger partial charge in [-0.3, -0.25) is 4.57 Å². The molecule has 128 valence electrons. The van der Waals surface area contributed by atoms with E-state index in [4.69, 9.17) is 15.2 Å². The van der Waals surface area contributed by atoms with Crippen molar-refractivity contribution in [3.8, 4) is 0 Å². The SMILES string of the molecule is C=COC(=O)OC[C@H]1O[C@@H](n2cnc3c(N)ncnc32)[C@H](O)[C@@H]1O. The molecule has 1 aliphatic rings. The largest absolute Gasteiger partial charge is 0.513 e. The molecule has 1 fully saturated rings. The lowest BCUT2D eigenvalue weighted by Gasteiger charge is -2.16. The standard InChI is InChI=1S/C13H15N5O6/c1-2-22-13(21)23-3-6-8(19)9(20)12(24-6)18-5-17-7-10(14)15-4-16-11(7)18/h2,4-6,8-9,12,19-20H,1,3H2,(H2,14,15,16)/t6-,8-,9-,12-/m1/s1. The van der Waals surface area contributed by atoms with Crippen LogP contribution in [0.4, 0.5) is 10.6 Å². The molecule has 0 bridgehead atoms. The average Bonchev–Trinajstić information content (AvgIpc) is 3.10. The van der Waals surface area contributed by atoms with Gasteiger partial charge in [0.15, 0.2) is 17.7 Å². The first kappa shape index (κ1) is 16.1. The zero-order valence-corrected chi connectivity index (χ0v) is 12.3. The van der Waals surface area contributed by atoms with Gasteiger partial charge in [0.2, 0.25) is 0 Å². The Morgan fingerprint density at radius 3 is 2.96 bits per heavy atom. The molecule has 0 aromatic carbocycles. The second-order valence-corrected chi connectivity index (χ2v) is 4.97. The maximum atomic E-state index is 11.1. The van der Waals surface area contributed by atoms with Crippen LogP contribution >= 0.6 is 0 Å². The first-order valence-electron chi connectivity index (χ1n) is 6.92. The minimum Gasteiger partial charge on any atom is -0.431 e. The zero-order valence-electron chi connectivity index (χ0n) is 12.3. The Bertz CT molecular complexity index is 764. The number of hydrogen-bond donors (Lipinski definition) is 3. The second-order valence-electron chi connectivity index (χ2n) is 4.97. The van der Waals surface area contributed by atoms with Gasteiger partial charge >= 0.3 is 6.16 Å². The molecule has 1 saturated heterocycles. The number of fused-ring (bicyclic) bond motifs is 1. The first-order valence-corrected chi connectivity index (χ1v) is 6.92. The molecule has 1 aliphatic heterocycles. The molecule has 24 heavy (non-hydrogen) atoms. The van der Waals surface area contributed by atoms with E-state index in [1.165, 1.54) is 17.2 Å². The number of anilines is 1. The van der Waals surface area contributed by atoms with Crippen LogP contribution in [0.5, 0.6) is 0 Å². The monoisotopic (exact) mass is 337 g/mol. The molecule has 0 amide bonds. The quantitative estimate of drug-likeness (QED) is 0.483. The van der Waals surface area contributed by atoms with Gasteiger partial charge < -0.3 is 30.2 Å². The van der Waals surface area contributed by atoms with Gasteiger partial charge in [0, 0.05) is 0 Å². The molecular weight excluding hydrogens is 322 g/mol. The van der Waals surface area contributed by atoms with E-state index in [1.807, 2.05) is 0 Å². The summed E-state index contributed by atoms with van der Waals surface area (Å²) in [5.41, 5.74) is 6.39. The third kappa shape index (κ3) is 2.75. The number of nitrogens with two attached hydrogens (primary N) is 1. The highest BCUT2D eigenvalue weighted by Gasteiger charge is 2.45. The minimum absolute atomic E-state index is 0.179. The molecular formula is C13H15N5O6. The Morgan fingerprint density at radius 2 is 2.21 bits per heavy atom. The van der Waals surface area contributed by atoms with Crippen molar-refractivity contribution >= 4 is 23.1 Å². The number of carbonyl (C=O) groups excluding carboxylic acids is 1. The van der Waals surface area contributed by atoms with E-state index in [0.29, 0.717) is 11.2 Å². The molecule has 2 aromatic rings. The highest BCUT2D eigenvalue weighted by Crippen LogP contribution is 2.32. The van der Waals surface area contributed by atoms with Crippen LogP contribution in [0.1, 0.15) is 6.23 Å². The number of rotatable bonds is 4. The topological polar surface area (TPSA) is 155 Å². The Labute approximate surface area is 135 Å². The summed E-state index contributed by atoms with van der Waals surface area (Å²) in [5, 5.41) is 20.3. The van der Waals surface area contributed by atoms with Gasteiger partial charge in [-0.15, -0.1) is 0 Å². The predicted octanol–water partition coefficient (Wildman–Crippen LogP) is -0.676. The summed E-state index contributed by atoms with van der Waals surface area (Å²) in [4.78, 5) is 23.1. The van der Waals surface area contributed by atoms with Gasteiger partial charge in [-0.05, 0) is 0 Å². The van der Waals surface area contributed by atoms with Gasteiger partial charge in [-0.1, -0.05) is 6.58 Å². The van der Waals surface area contributed by atoms with Gasteiger partial charge in [-0.25, -0.2) is 19.7 Å². The maximum Gasteiger partial charge on any atom is 0.513 e. The van der Waals surface area contributed by atoms with Gasteiger partial charge in [0.1, 0.15) is 36.8 Å². The second kappa shape index (κ2) is 6.39. The molecule has 0 radical (unpaired) electrons. The molecule has 2 aromatic heterocycles. The number of ether oxygens (including phenoxy) is 3. The summed E-state index contributed by atoms with van der Waals surface area (Å²) in [6.45, 7) is 2.90. The molecule has 3 heterocycles. The van der Waals surface area contributed by atoms with E-state index in [0.717, 1.165) is 6.26 Å². The van der Waals surface area contributed by atoms with Crippen molar-refractivity contribution < 1.29 is 29.2 Å². The van der Waals surface area contributed by atoms with Crippen molar-refractivity contribution in [1.29, 1.82) is 0 Å². The van der Waals surface area contributed by atoms with Crippen molar-refractivity contribution in [2.45, 2.75) is 24.5 Å². The molecule has 0 aliphatic carbocycles. The van der Waals surface area contributed by atoms with Crippen molar-refractivity contribution in [1.82, 2.24) is 19.5 Å². The van der Waals surface area contributed by atoms with Gasteiger partial charge in [0.05, 0.1) is 12.6 Å². The average molecular weight is 337 g/mol. The van der Waals surface area contributed by atoms with E-state index in [2.05, 4.69) is 26.3 Å². The van der Waals surface area contributed by atoms with Crippen LogP contribution in [0.2, 0.25) is 0 Å². The number of aromatic nitrogens is 4. The number of aliphatic hydroxyl groups is 2. The third-order valence-electron chi connectivity index (χ3n) is 3.54. The number of hydrogen-bond acceptors (Lipinski definition) is 10. The molecule has 4 atom stereocenters. The van der Waals surface area contributed by atoms with Crippen LogP contribution in [0, 0.1) is 0 Å². The summed E-state index contributed by atoms with van der Waals surface area (Å²) in [5.74, 6) is 0.179. The summed E-state index contributed by atoms with van der Waals surface area (Å²) in [7, 11) is 0. The van der Waals surface area contributed by atoms with Gasteiger partial charge in [-0.2, -0.15) is 0 Å². The van der Waals surface area contributed by atoms with Crippen molar-refractivity contribution in [3.63, 3.8) is 0 Å². The van der Waals surface area contributed by atoms with Crippen LogP contribution in [0.3, 0.4) is 0 Å². The maximum absolute atomic E-state index is 11.1. The van der Waals surface area contributed by atoms with E-state index in [-0.39, 0.29) is 12.4 Å². The third-order valence-corrected chi connectivity index (χ3v) is 3.54. The van der Waals surface area contributed by atoms with Crippen molar-refractivity contribution in [2.75, 3.05) is 12.3 Å². The fourth-order valence-corrected chi connectivity index (χ4v) is 2.41. The molecule has 11 nitrogen and oxygen atoms in total. The van der Waals surface area contributed by atoms with Crippen LogP contribution in [-0.2, 0) is 14.2 Å². The predicted molar refractivity (Wildman–Crippen MR) is 78.3 cm³/mol. The molecule has 11 heteroatoms. The summed E-state index contributed by atoms with van der Waals surface area (Å²) in [6.07, 6.45) is -1.99. The van der Waals surface area contributed by atoms with Crippen LogP contribution < -0.4 is 5.73 Å². The molecule has 0 unspecified atom stereocenters. The smallest absolute Gasteiger partial charge is 0.431 e. The van der Waals surface area contributed by atoms with E-state index >= 15 is 0 Å². The molecule has 3 rings (SSSR count).